The number of rotatable bonds is 6. The summed E-state index contributed by atoms with van der Waals surface area (Å²) in [5.74, 6) is 0.872. The lowest BCUT2D eigenvalue weighted by Crippen LogP contribution is -2.33. The Balaban J connectivity index is 1.50. The molecule has 3 rings (SSSR count). The Bertz CT molecular complexity index is 685. The van der Waals surface area contributed by atoms with Crippen LogP contribution in [0.15, 0.2) is 60.7 Å². The SMILES string of the molecule is COc1ccc(/C=C/CN2CCN(Cc3ccccc3)CC(O)C2)cc1. The van der Waals surface area contributed by atoms with Gasteiger partial charge in [-0.1, -0.05) is 54.6 Å². The van der Waals surface area contributed by atoms with Gasteiger partial charge < -0.3 is 9.84 Å². The fraction of sp³-hybridized carbons (Fsp3) is 0.364. The highest BCUT2D eigenvalue weighted by Crippen LogP contribution is 2.13. The van der Waals surface area contributed by atoms with Crippen LogP contribution in [0.1, 0.15) is 11.1 Å². The van der Waals surface area contributed by atoms with Crippen LogP contribution < -0.4 is 4.74 Å². The largest absolute Gasteiger partial charge is 0.497 e. The summed E-state index contributed by atoms with van der Waals surface area (Å²) in [6.45, 7) is 5.14. The van der Waals surface area contributed by atoms with Crippen molar-refractivity contribution in [2.24, 2.45) is 0 Å². The molecule has 1 unspecified atom stereocenters. The smallest absolute Gasteiger partial charge is 0.118 e. The summed E-state index contributed by atoms with van der Waals surface area (Å²) in [5, 5.41) is 10.4. The Hall–Kier alpha value is -2.14. The molecule has 1 atom stereocenters. The molecule has 1 aliphatic heterocycles. The molecular weight excluding hydrogens is 324 g/mol. The zero-order valence-corrected chi connectivity index (χ0v) is 15.4. The van der Waals surface area contributed by atoms with Crippen LogP contribution in [0.3, 0.4) is 0 Å². The molecule has 0 saturated carbocycles. The molecule has 26 heavy (non-hydrogen) atoms. The summed E-state index contributed by atoms with van der Waals surface area (Å²) >= 11 is 0. The van der Waals surface area contributed by atoms with Gasteiger partial charge in [0.25, 0.3) is 0 Å². The third-order valence-electron chi connectivity index (χ3n) is 4.71. The third-order valence-corrected chi connectivity index (χ3v) is 4.71. The number of hydrogen-bond donors (Lipinski definition) is 1. The van der Waals surface area contributed by atoms with Crippen molar-refractivity contribution < 1.29 is 9.84 Å². The van der Waals surface area contributed by atoms with E-state index in [-0.39, 0.29) is 6.10 Å². The molecule has 0 bridgehead atoms. The Morgan fingerprint density at radius 3 is 2.42 bits per heavy atom. The first-order valence-corrected chi connectivity index (χ1v) is 9.20. The van der Waals surface area contributed by atoms with Crippen molar-refractivity contribution in [2.75, 3.05) is 39.8 Å². The van der Waals surface area contributed by atoms with E-state index in [1.165, 1.54) is 5.56 Å². The maximum Gasteiger partial charge on any atom is 0.118 e. The van der Waals surface area contributed by atoms with Crippen LogP contribution in [0, 0.1) is 0 Å². The molecule has 0 aromatic heterocycles. The van der Waals surface area contributed by atoms with Gasteiger partial charge >= 0.3 is 0 Å². The van der Waals surface area contributed by atoms with E-state index < -0.39 is 0 Å². The van der Waals surface area contributed by atoms with E-state index in [4.69, 9.17) is 4.74 Å². The quantitative estimate of drug-likeness (QED) is 0.867. The second kappa shape index (κ2) is 9.53. The summed E-state index contributed by atoms with van der Waals surface area (Å²) in [6.07, 6.45) is 3.98. The maximum absolute atomic E-state index is 10.4. The monoisotopic (exact) mass is 352 g/mol. The Kier molecular flexibility index (Phi) is 6.83. The summed E-state index contributed by atoms with van der Waals surface area (Å²) in [4.78, 5) is 4.66. The predicted molar refractivity (Wildman–Crippen MR) is 106 cm³/mol. The number of hydrogen-bond acceptors (Lipinski definition) is 4. The number of nitrogens with zero attached hydrogens (tertiary/aromatic N) is 2. The van der Waals surface area contributed by atoms with E-state index in [0.717, 1.165) is 50.6 Å². The first-order chi connectivity index (χ1) is 12.7. The van der Waals surface area contributed by atoms with Crippen LogP contribution in [-0.4, -0.2) is 60.8 Å². The summed E-state index contributed by atoms with van der Waals surface area (Å²) in [5.41, 5.74) is 2.46. The Labute approximate surface area is 156 Å². The molecule has 0 aliphatic carbocycles. The molecule has 2 aromatic carbocycles. The minimum absolute atomic E-state index is 0.310. The molecule has 1 aliphatic rings. The molecule has 2 aromatic rings. The molecule has 0 spiro atoms. The van der Waals surface area contributed by atoms with Crippen molar-refractivity contribution in [1.82, 2.24) is 9.80 Å². The van der Waals surface area contributed by atoms with Crippen LogP contribution in [0.25, 0.3) is 6.08 Å². The van der Waals surface area contributed by atoms with Crippen molar-refractivity contribution in [2.45, 2.75) is 12.6 Å². The van der Waals surface area contributed by atoms with Gasteiger partial charge in [0.1, 0.15) is 5.75 Å². The Morgan fingerprint density at radius 2 is 1.69 bits per heavy atom. The standard InChI is InChI=1S/C22H28N2O2/c1-26-22-11-9-19(10-12-22)8-5-13-23-14-15-24(18-21(25)17-23)16-20-6-3-2-4-7-20/h2-12,21,25H,13-18H2,1H3/b8-5+. The normalized spacial score (nSPS) is 19.5. The minimum atomic E-state index is -0.310. The first-order valence-electron chi connectivity index (χ1n) is 9.20. The van der Waals surface area contributed by atoms with Crippen LogP contribution >= 0.6 is 0 Å². The third kappa shape index (κ3) is 5.70. The average molecular weight is 352 g/mol. The van der Waals surface area contributed by atoms with Gasteiger partial charge in [0.15, 0.2) is 0 Å². The van der Waals surface area contributed by atoms with Crippen LogP contribution in [0.4, 0.5) is 0 Å². The molecule has 0 radical (unpaired) electrons. The molecule has 138 valence electrons. The van der Waals surface area contributed by atoms with Crippen molar-refractivity contribution in [3.63, 3.8) is 0 Å². The number of β-amino-alcohol motifs (C(OH)–C–C–N with tert-alkyl or cyclic N) is 1. The number of benzene rings is 2. The van der Waals surface area contributed by atoms with E-state index in [1.54, 1.807) is 7.11 Å². The molecule has 4 nitrogen and oxygen atoms in total. The molecule has 4 heteroatoms. The van der Waals surface area contributed by atoms with Gasteiger partial charge in [-0.2, -0.15) is 0 Å². The highest BCUT2D eigenvalue weighted by Gasteiger charge is 2.20. The summed E-state index contributed by atoms with van der Waals surface area (Å²) < 4.78 is 5.18. The number of methoxy groups -OCH3 is 1. The second-order valence-corrected chi connectivity index (χ2v) is 6.81. The van der Waals surface area contributed by atoms with Crippen LogP contribution in [0.2, 0.25) is 0 Å². The number of aliphatic hydroxyl groups excluding tert-OH is 1. The zero-order chi connectivity index (χ0) is 18.2. The lowest BCUT2D eigenvalue weighted by Gasteiger charge is -2.21. The molecule has 0 amide bonds. The van der Waals surface area contributed by atoms with Crippen molar-refractivity contribution in [3.8, 4) is 5.75 Å². The van der Waals surface area contributed by atoms with E-state index in [1.807, 2.05) is 30.3 Å². The lowest BCUT2D eigenvalue weighted by atomic mass is 10.2. The fourth-order valence-electron chi connectivity index (χ4n) is 3.32. The highest BCUT2D eigenvalue weighted by atomic mass is 16.5. The molecule has 1 saturated heterocycles. The number of ether oxygens (including phenoxy) is 1. The van der Waals surface area contributed by atoms with Gasteiger partial charge in [-0.3, -0.25) is 9.80 Å². The predicted octanol–water partition coefficient (Wildman–Crippen LogP) is 2.89. The van der Waals surface area contributed by atoms with E-state index in [2.05, 4.69) is 46.2 Å². The molecule has 1 N–H and O–H groups in total. The van der Waals surface area contributed by atoms with Crippen molar-refractivity contribution >= 4 is 6.08 Å². The maximum atomic E-state index is 10.4. The van der Waals surface area contributed by atoms with Gasteiger partial charge in [-0.25, -0.2) is 0 Å². The van der Waals surface area contributed by atoms with Gasteiger partial charge in [0.05, 0.1) is 13.2 Å². The summed E-state index contributed by atoms with van der Waals surface area (Å²) in [7, 11) is 1.68. The second-order valence-electron chi connectivity index (χ2n) is 6.81. The van der Waals surface area contributed by atoms with E-state index in [0.29, 0.717) is 0 Å². The van der Waals surface area contributed by atoms with Gasteiger partial charge in [0, 0.05) is 39.3 Å². The van der Waals surface area contributed by atoms with E-state index >= 15 is 0 Å². The minimum Gasteiger partial charge on any atom is -0.497 e. The van der Waals surface area contributed by atoms with E-state index in [9.17, 15) is 5.11 Å². The topological polar surface area (TPSA) is 35.9 Å². The lowest BCUT2D eigenvalue weighted by molar-refractivity contribution is 0.110. The van der Waals surface area contributed by atoms with Crippen molar-refractivity contribution in [3.05, 3.63) is 71.8 Å². The Morgan fingerprint density at radius 1 is 1.00 bits per heavy atom. The first kappa shape index (κ1) is 18.6. The average Bonchev–Trinajstić information content (AvgIpc) is 2.84. The van der Waals surface area contributed by atoms with Gasteiger partial charge in [-0.05, 0) is 23.3 Å². The molecule has 1 heterocycles. The van der Waals surface area contributed by atoms with Crippen LogP contribution in [-0.2, 0) is 6.54 Å². The highest BCUT2D eigenvalue weighted by molar-refractivity contribution is 5.50. The number of aliphatic hydroxyl groups is 1. The molecular formula is C22H28N2O2. The zero-order valence-electron chi connectivity index (χ0n) is 15.4. The molecule has 1 fully saturated rings. The van der Waals surface area contributed by atoms with Gasteiger partial charge in [0.2, 0.25) is 0 Å². The van der Waals surface area contributed by atoms with Crippen LogP contribution in [0.5, 0.6) is 5.75 Å². The van der Waals surface area contributed by atoms with Gasteiger partial charge in [-0.15, -0.1) is 0 Å². The fourth-order valence-corrected chi connectivity index (χ4v) is 3.32. The van der Waals surface area contributed by atoms with Crippen molar-refractivity contribution in [1.29, 1.82) is 0 Å². The summed E-state index contributed by atoms with van der Waals surface area (Å²) in [6, 6.07) is 18.5.